The lowest BCUT2D eigenvalue weighted by Gasteiger charge is -2.27. The van der Waals surface area contributed by atoms with Crippen molar-refractivity contribution in [2.24, 2.45) is 10.7 Å². The summed E-state index contributed by atoms with van der Waals surface area (Å²) in [6.45, 7) is 2.82. The van der Waals surface area contributed by atoms with Crippen molar-refractivity contribution < 1.29 is 13.7 Å². The Morgan fingerprint density at radius 2 is 2.04 bits per heavy atom. The predicted octanol–water partition coefficient (Wildman–Crippen LogP) is 2.48. The summed E-state index contributed by atoms with van der Waals surface area (Å²) in [7, 11) is 0. The van der Waals surface area contributed by atoms with Crippen molar-refractivity contribution in [3.63, 3.8) is 0 Å². The third kappa shape index (κ3) is 3.66. The second kappa shape index (κ2) is 6.98. The topological polar surface area (TPSA) is 90.0 Å². The van der Waals surface area contributed by atoms with Crippen LogP contribution < -0.4 is 5.73 Å². The summed E-state index contributed by atoms with van der Waals surface area (Å²) >= 11 is 0. The predicted molar refractivity (Wildman–Crippen MR) is 93.8 cm³/mol. The van der Waals surface area contributed by atoms with Gasteiger partial charge in [-0.25, -0.2) is 0 Å². The van der Waals surface area contributed by atoms with Crippen molar-refractivity contribution in [2.45, 2.75) is 12.8 Å². The number of nitrogens with two attached hydrogens (primary N) is 1. The Labute approximate surface area is 145 Å². The zero-order valence-corrected chi connectivity index (χ0v) is 13.9. The maximum atomic E-state index is 6.02. The number of hydrogen-bond donors (Lipinski definition) is 1. The van der Waals surface area contributed by atoms with E-state index in [0.29, 0.717) is 25.1 Å². The van der Waals surface area contributed by atoms with Crippen LogP contribution in [0.3, 0.4) is 0 Å². The molecule has 130 valence electrons. The molecule has 0 bridgehead atoms. The number of morpholine rings is 1. The van der Waals surface area contributed by atoms with E-state index in [-0.39, 0.29) is 0 Å². The van der Waals surface area contributed by atoms with E-state index in [2.05, 4.69) is 22.3 Å². The van der Waals surface area contributed by atoms with Crippen LogP contribution >= 0.6 is 0 Å². The normalized spacial score (nSPS) is 15.8. The van der Waals surface area contributed by atoms with Gasteiger partial charge < -0.3 is 24.3 Å². The zero-order chi connectivity index (χ0) is 17.1. The monoisotopic (exact) mass is 340 g/mol. The molecule has 0 atom stereocenters. The Bertz CT molecular complexity index is 877. The third-order valence-electron chi connectivity index (χ3n) is 4.29. The first kappa shape index (κ1) is 15.7. The minimum absolute atomic E-state index is 0.435. The van der Waals surface area contributed by atoms with Gasteiger partial charge in [0.1, 0.15) is 5.58 Å². The minimum atomic E-state index is 0.435. The molecule has 7 nitrogen and oxygen atoms in total. The van der Waals surface area contributed by atoms with Crippen molar-refractivity contribution in [3.8, 4) is 0 Å². The summed E-state index contributed by atoms with van der Waals surface area (Å²) in [5.74, 6) is 0.876. The van der Waals surface area contributed by atoms with Crippen molar-refractivity contribution in [3.05, 3.63) is 47.9 Å². The summed E-state index contributed by atoms with van der Waals surface area (Å²) in [5, 5.41) is 5.19. The van der Waals surface area contributed by atoms with Gasteiger partial charge in [0, 0.05) is 24.5 Å². The van der Waals surface area contributed by atoms with E-state index in [1.807, 2.05) is 23.1 Å². The van der Waals surface area contributed by atoms with Crippen molar-refractivity contribution in [2.75, 3.05) is 26.3 Å². The van der Waals surface area contributed by atoms with Crippen LogP contribution in [0.1, 0.15) is 11.3 Å². The quantitative estimate of drug-likeness (QED) is 0.580. The summed E-state index contributed by atoms with van der Waals surface area (Å²) in [5.41, 5.74) is 9.02. The van der Waals surface area contributed by atoms with Crippen LogP contribution in [0, 0.1) is 0 Å². The minimum Gasteiger partial charge on any atom is -0.464 e. The molecule has 0 spiro atoms. The van der Waals surface area contributed by atoms with Crippen LogP contribution in [0.5, 0.6) is 0 Å². The standard InChI is InChI=1S/C18H20N4O3/c19-18(22-6-9-23-10-7-22)20-17-12-15(21-25-17)3-1-13-2-4-16-14(11-13)5-8-24-16/h2,4-5,8,11-12H,1,3,6-7,9-10H2,(H2,19,20). The van der Waals surface area contributed by atoms with Gasteiger partial charge in [0.05, 0.1) is 25.2 Å². The number of fused-ring (bicyclic) bond motifs is 1. The molecule has 0 unspecified atom stereocenters. The lowest BCUT2D eigenvalue weighted by atomic mass is 10.1. The van der Waals surface area contributed by atoms with Gasteiger partial charge in [-0.1, -0.05) is 11.2 Å². The van der Waals surface area contributed by atoms with E-state index in [1.165, 1.54) is 5.56 Å². The molecule has 1 aliphatic rings. The van der Waals surface area contributed by atoms with Gasteiger partial charge in [-0.05, 0) is 36.6 Å². The summed E-state index contributed by atoms with van der Waals surface area (Å²) in [6.07, 6.45) is 3.35. The molecule has 25 heavy (non-hydrogen) atoms. The first-order valence-corrected chi connectivity index (χ1v) is 8.36. The van der Waals surface area contributed by atoms with Crippen molar-refractivity contribution >= 4 is 22.8 Å². The maximum absolute atomic E-state index is 6.02. The van der Waals surface area contributed by atoms with E-state index in [9.17, 15) is 0 Å². The van der Waals surface area contributed by atoms with E-state index >= 15 is 0 Å². The largest absolute Gasteiger partial charge is 0.464 e. The number of aryl methyl sites for hydroxylation is 2. The summed E-state index contributed by atoms with van der Waals surface area (Å²) in [6, 6.07) is 10.0. The number of aliphatic imine (C=N–C) groups is 1. The Balaban J connectivity index is 1.39. The lowest BCUT2D eigenvalue weighted by Crippen LogP contribution is -2.44. The number of aromatic nitrogens is 1. The van der Waals surface area contributed by atoms with Crippen LogP contribution in [-0.2, 0) is 17.6 Å². The second-order valence-electron chi connectivity index (χ2n) is 6.02. The van der Waals surface area contributed by atoms with Crippen LogP contribution in [0.2, 0.25) is 0 Å². The highest BCUT2D eigenvalue weighted by Gasteiger charge is 2.13. The Hall–Kier alpha value is -2.80. The highest BCUT2D eigenvalue weighted by Crippen LogP contribution is 2.19. The molecule has 7 heteroatoms. The fourth-order valence-electron chi connectivity index (χ4n) is 2.89. The van der Waals surface area contributed by atoms with E-state index in [0.717, 1.165) is 42.6 Å². The Kier molecular flexibility index (Phi) is 4.39. The molecule has 1 aliphatic heterocycles. The molecule has 1 saturated heterocycles. The Morgan fingerprint density at radius 3 is 2.92 bits per heavy atom. The number of benzene rings is 1. The van der Waals surface area contributed by atoms with Gasteiger partial charge in [-0.3, -0.25) is 0 Å². The van der Waals surface area contributed by atoms with Gasteiger partial charge in [-0.15, -0.1) is 0 Å². The zero-order valence-electron chi connectivity index (χ0n) is 13.9. The molecule has 4 rings (SSSR count). The van der Waals surface area contributed by atoms with Gasteiger partial charge in [0.2, 0.25) is 0 Å². The maximum Gasteiger partial charge on any atom is 0.253 e. The summed E-state index contributed by atoms with van der Waals surface area (Å²) in [4.78, 5) is 6.29. The number of furan rings is 1. The van der Waals surface area contributed by atoms with E-state index in [4.69, 9.17) is 19.4 Å². The third-order valence-corrected chi connectivity index (χ3v) is 4.29. The number of hydrogen-bond acceptors (Lipinski definition) is 5. The van der Waals surface area contributed by atoms with E-state index < -0.39 is 0 Å². The number of rotatable bonds is 4. The number of nitrogens with zero attached hydrogens (tertiary/aromatic N) is 3. The average Bonchev–Trinajstić information content (AvgIpc) is 3.29. The molecule has 3 heterocycles. The second-order valence-corrected chi connectivity index (χ2v) is 6.02. The molecular weight excluding hydrogens is 320 g/mol. The van der Waals surface area contributed by atoms with Crippen molar-refractivity contribution in [1.82, 2.24) is 10.1 Å². The average molecular weight is 340 g/mol. The van der Waals surface area contributed by atoms with Gasteiger partial charge in [0.15, 0.2) is 5.96 Å². The van der Waals surface area contributed by atoms with Crippen LogP contribution in [-0.4, -0.2) is 42.3 Å². The van der Waals surface area contributed by atoms with Gasteiger partial charge in [-0.2, -0.15) is 4.99 Å². The molecule has 1 aromatic carbocycles. The molecule has 2 aromatic heterocycles. The molecular formula is C18H20N4O3. The molecule has 0 amide bonds. The SMILES string of the molecule is NC(=Nc1cc(CCc2ccc3occc3c2)no1)N1CCOCC1. The highest BCUT2D eigenvalue weighted by atomic mass is 16.5. The van der Waals surface area contributed by atoms with E-state index in [1.54, 1.807) is 6.26 Å². The first-order valence-electron chi connectivity index (χ1n) is 8.36. The summed E-state index contributed by atoms with van der Waals surface area (Å²) < 4.78 is 15.9. The fraction of sp³-hybridized carbons (Fsp3) is 0.333. The molecule has 0 radical (unpaired) electrons. The van der Waals surface area contributed by atoms with Crippen molar-refractivity contribution in [1.29, 1.82) is 0 Å². The smallest absolute Gasteiger partial charge is 0.253 e. The molecule has 3 aromatic rings. The number of ether oxygens (including phenoxy) is 1. The van der Waals surface area contributed by atoms with Gasteiger partial charge >= 0.3 is 0 Å². The van der Waals surface area contributed by atoms with Gasteiger partial charge in [0.25, 0.3) is 5.88 Å². The fourth-order valence-corrected chi connectivity index (χ4v) is 2.89. The van der Waals surface area contributed by atoms with Crippen LogP contribution in [0.15, 0.2) is 50.5 Å². The molecule has 2 N–H and O–H groups in total. The molecule has 0 aliphatic carbocycles. The molecule has 1 fully saturated rings. The van der Waals surface area contributed by atoms with Crippen LogP contribution in [0.4, 0.5) is 5.88 Å². The number of guanidine groups is 1. The lowest BCUT2D eigenvalue weighted by molar-refractivity contribution is 0.0675. The molecule has 0 saturated carbocycles. The highest BCUT2D eigenvalue weighted by molar-refractivity contribution is 5.80. The first-order chi connectivity index (χ1) is 12.3. The van der Waals surface area contributed by atoms with Crippen LogP contribution in [0.25, 0.3) is 11.0 Å². The Morgan fingerprint density at radius 1 is 1.16 bits per heavy atom.